The van der Waals surface area contributed by atoms with Crippen LogP contribution in [0.3, 0.4) is 0 Å². The number of likely N-dealkylation sites (tertiary alicyclic amines) is 1. The fourth-order valence-electron chi connectivity index (χ4n) is 3.84. The molecule has 27 heavy (non-hydrogen) atoms. The Morgan fingerprint density at radius 1 is 1.15 bits per heavy atom. The van der Waals surface area contributed by atoms with E-state index in [0.29, 0.717) is 0 Å². The number of nitrogens with one attached hydrogen (secondary N) is 1. The second-order valence-electron chi connectivity index (χ2n) is 7.26. The number of rotatable bonds is 4. The van der Waals surface area contributed by atoms with Gasteiger partial charge in [0.25, 0.3) is 0 Å². The summed E-state index contributed by atoms with van der Waals surface area (Å²) in [7, 11) is 1.83. The molecular weight excluding hydrogens is 406 g/mol. The summed E-state index contributed by atoms with van der Waals surface area (Å²) in [6, 6.07) is 8.27. The molecule has 2 saturated heterocycles. The maximum absolute atomic E-state index is 12.6. The third kappa shape index (κ3) is 5.23. The Morgan fingerprint density at radius 3 is 2.48 bits per heavy atom. The van der Waals surface area contributed by atoms with E-state index >= 15 is 0 Å². The number of benzene rings is 1. The van der Waals surface area contributed by atoms with Gasteiger partial charge in [0.2, 0.25) is 5.91 Å². The van der Waals surface area contributed by atoms with Gasteiger partial charge in [-0.2, -0.15) is 0 Å². The lowest BCUT2D eigenvalue weighted by Gasteiger charge is -2.39. The van der Waals surface area contributed by atoms with Crippen LogP contribution in [0.2, 0.25) is 0 Å². The van der Waals surface area contributed by atoms with Gasteiger partial charge in [-0.25, -0.2) is 0 Å². The molecular formula is C20H30BrN5O. The van der Waals surface area contributed by atoms with Crippen LogP contribution in [-0.2, 0) is 11.3 Å². The number of amides is 1. The first-order chi connectivity index (χ1) is 13.1. The first kappa shape index (κ1) is 20.1. The topological polar surface area (TPSA) is 51.2 Å². The number of piperazine rings is 1. The molecule has 2 aliphatic rings. The Hall–Kier alpha value is -1.60. The van der Waals surface area contributed by atoms with Crippen molar-refractivity contribution in [2.45, 2.75) is 32.4 Å². The zero-order valence-corrected chi connectivity index (χ0v) is 17.9. The lowest BCUT2D eigenvalue weighted by atomic mass is 10.2. The van der Waals surface area contributed by atoms with Crippen LogP contribution in [0.25, 0.3) is 0 Å². The van der Waals surface area contributed by atoms with Crippen molar-refractivity contribution in [3.05, 3.63) is 34.3 Å². The Labute approximate surface area is 170 Å². The molecule has 148 valence electrons. The summed E-state index contributed by atoms with van der Waals surface area (Å²) >= 11 is 3.51. The van der Waals surface area contributed by atoms with E-state index in [1.54, 1.807) is 0 Å². The van der Waals surface area contributed by atoms with Gasteiger partial charge in [-0.1, -0.05) is 28.1 Å². The number of aliphatic imine (C=N–C) groups is 1. The van der Waals surface area contributed by atoms with Gasteiger partial charge < -0.3 is 15.1 Å². The standard InChI is InChI=1S/C20H30BrN5O/c1-16(19(27)25-8-3-4-9-25)24-10-12-26(13-11-24)20(22-2)23-15-17-6-5-7-18(21)14-17/h5-7,14,16H,3-4,8-13,15H2,1-2H3,(H,22,23). The molecule has 1 aromatic rings. The monoisotopic (exact) mass is 435 g/mol. The van der Waals surface area contributed by atoms with Crippen molar-refractivity contribution in [1.29, 1.82) is 0 Å². The van der Waals surface area contributed by atoms with Crippen LogP contribution in [-0.4, -0.2) is 78.9 Å². The van der Waals surface area contributed by atoms with E-state index < -0.39 is 0 Å². The molecule has 0 saturated carbocycles. The molecule has 2 fully saturated rings. The highest BCUT2D eigenvalue weighted by molar-refractivity contribution is 9.10. The quantitative estimate of drug-likeness (QED) is 0.581. The van der Waals surface area contributed by atoms with Crippen molar-refractivity contribution in [2.75, 3.05) is 46.3 Å². The highest BCUT2D eigenvalue weighted by atomic mass is 79.9. The van der Waals surface area contributed by atoms with E-state index in [-0.39, 0.29) is 11.9 Å². The van der Waals surface area contributed by atoms with Crippen LogP contribution < -0.4 is 5.32 Å². The first-order valence-electron chi connectivity index (χ1n) is 9.81. The summed E-state index contributed by atoms with van der Waals surface area (Å²) in [5.74, 6) is 1.21. The largest absolute Gasteiger partial charge is 0.352 e. The number of carbonyl (C=O) groups is 1. The summed E-state index contributed by atoms with van der Waals surface area (Å²) in [5.41, 5.74) is 1.22. The van der Waals surface area contributed by atoms with E-state index in [4.69, 9.17) is 0 Å². The van der Waals surface area contributed by atoms with Crippen molar-refractivity contribution >= 4 is 27.8 Å². The van der Waals surface area contributed by atoms with Crippen LogP contribution >= 0.6 is 15.9 Å². The smallest absolute Gasteiger partial charge is 0.239 e. The van der Waals surface area contributed by atoms with Crippen molar-refractivity contribution in [3.8, 4) is 0 Å². The normalized spacial score (nSPS) is 20.0. The molecule has 0 spiro atoms. The minimum Gasteiger partial charge on any atom is -0.352 e. The number of nitrogens with zero attached hydrogens (tertiary/aromatic N) is 4. The van der Waals surface area contributed by atoms with Gasteiger partial charge in [0.1, 0.15) is 0 Å². The Kier molecular flexibility index (Phi) is 7.13. The molecule has 1 unspecified atom stereocenters. The molecule has 7 heteroatoms. The number of halogens is 1. The predicted molar refractivity (Wildman–Crippen MR) is 113 cm³/mol. The number of carbonyl (C=O) groups excluding carboxylic acids is 1. The maximum atomic E-state index is 12.6. The molecule has 2 aliphatic heterocycles. The average molecular weight is 436 g/mol. The summed E-state index contributed by atoms with van der Waals surface area (Å²) in [4.78, 5) is 23.7. The SMILES string of the molecule is CN=C(NCc1cccc(Br)c1)N1CCN(C(C)C(=O)N2CCCC2)CC1. The number of guanidine groups is 1. The lowest BCUT2D eigenvalue weighted by Crippen LogP contribution is -2.57. The molecule has 1 N–H and O–H groups in total. The maximum Gasteiger partial charge on any atom is 0.239 e. The molecule has 1 aromatic carbocycles. The van der Waals surface area contributed by atoms with Crippen LogP contribution in [0.1, 0.15) is 25.3 Å². The van der Waals surface area contributed by atoms with Crippen LogP contribution in [0.4, 0.5) is 0 Å². The molecule has 6 nitrogen and oxygen atoms in total. The summed E-state index contributed by atoms with van der Waals surface area (Å²) in [6.45, 7) is 8.19. The second-order valence-corrected chi connectivity index (χ2v) is 8.18. The third-order valence-corrected chi connectivity index (χ3v) is 5.98. The molecule has 0 radical (unpaired) electrons. The van der Waals surface area contributed by atoms with E-state index in [9.17, 15) is 4.79 Å². The fourth-order valence-corrected chi connectivity index (χ4v) is 4.29. The van der Waals surface area contributed by atoms with Crippen LogP contribution in [0.15, 0.2) is 33.7 Å². The Balaban J connectivity index is 1.48. The molecule has 0 aliphatic carbocycles. The van der Waals surface area contributed by atoms with Crippen molar-refractivity contribution in [2.24, 2.45) is 4.99 Å². The summed E-state index contributed by atoms with van der Waals surface area (Å²) < 4.78 is 1.09. The van der Waals surface area contributed by atoms with E-state index in [2.05, 4.69) is 55.1 Å². The minimum absolute atomic E-state index is 0.0260. The molecule has 0 bridgehead atoms. The first-order valence-corrected chi connectivity index (χ1v) is 10.6. The highest BCUT2D eigenvalue weighted by Crippen LogP contribution is 2.14. The lowest BCUT2D eigenvalue weighted by molar-refractivity contribution is -0.135. The van der Waals surface area contributed by atoms with Crippen LogP contribution in [0, 0.1) is 0 Å². The average Bonchev–Trinajstić information content (AvgIpc) is 3.23. The van der Waals surface area contributed by atoms with Crippen molar-refractivity contribution in [3.63, 3.8) is 0 Å². The molecule has 0 aromatic heterocycles. The van der Waals surface area contributed by atoms with Crippen LogP contribution in [0.5, 0.6) is 0 Å². The Morgan fingerprint density at radius 2 is 1.85 bits per heavy atom. The zero-order valence-electron chi connectivity index (χ0n) is 16.3. The van der Waals surface area contributed by atoms with Gasteiger partial charge in [0.05, 0.1) is 6.04 Å². The molecule has 2 heterocycles. The van der Waals surface area contributed by atoms with Gasteiger partial charge in [-0.3, -0.25) is 14.7 Å². The van der Waals surface area contributed by atoms with Gasteiger partial charge in [0.15, 0.2) is 5.96 Å². The van der Waals surface area contributed by atoms with Gasteiger partial charge in [-0.05, 0) is 37.5 Å². The predicted octanol–water partition coefficient (Wildman–Crippen LogP) is 2.15. The zero-order chi connectivity index (χ0) is 19.2. The fraction of sp³-hybridized carbons (Fsp3) is 0.600. The summed E-state index contributed by atoms with van der Waals surface area (Å²) in [6.07, 6.45) is 2.29. The second kappa shape index (κ2) is 9.55. The molecule has 1 atom stereocenters. The van der Waals surface area contributed by atoms with E-state index in [1.807, 2.05) is 24.1 Å². The van der Waals surface area contributed by atoms with E-state index in [0.717, 1.165) is 69.1 Å². The number of hydrogen-bond acceptors (Lipinski definition) is 3. The van der Waals surface area contributed by atoms with E-state index in [1.165, 1.54) is 5.56 Å². The summed E-state index contributed by atoms with van der Waals surface area (Å²) in [5, 5.41) is 3.46. The molecule has 1 amide bonds. The van der Waals surface area contributed by atoms with Crippen molar-refractivity contribution in [1.82, 2.24) is 20.0 Å². The number of hydrogen-bond donors (Lipinski definition) is 1. The molecule has 3 rings (SSSR count). The Bertz CT molecular complexity index is 666. The van der Waals surface area contributed by atoms with Crippen molar-refractivity contribution < 1.29 is 4.79 Å². The minimum atomic E-state index is -0.0260. The van der Waals surface area contributed by atoms with Gasteiger partial charge in [0, 0.05) is 57.3 Å². The van der Waals surface area contributed by atoms with Gasteiger partial charge >= 0.3 is 0 Å². The highest BCUT2D eigenvalue weighted by Gasteiger charge is 2.30. The third-order valence-electron chi connectivity index (χ3n) is 5.49. The van der Waals surface area contributed by atoms with Gasteiger partial charge in [-0.15, -0.1) is 0 Å².